The van der Waals surface area contributed by atoms with E-state index in [2.05, 4.69) is 34.5 Å². The van der Waals surface area contributed by atoms with Crippen LogP contribution >= 0.6 is 11.3 Å². The molecule has 7 heteroatoms. The SMILES string of the molecule is CCNC(=NCCCNC(=O)c1cccs1)N(C)CC1CCOC1. The normalized spacial score (nSPS) is 17.8. The Labute approximate surface area is 148 Å². The zero-order valence-electron chi connectivity index (χ0n) is 14.6. The molecule has 1 unspecified atom stereocenters. The number of amides is 1. The Morgan fingerprint density at radius 3 is 3.04 bits per heavy atom. The van der Waals surface area contributed by atoms with Crippen molar-refractivity contribution in [2.24, 2.45) is 10.9 Å². The third kappa shape index (κ3) is 6.13. The van der Waals surface area contributed by atoms with E-state index >= 15 is 0 Å². The second-order valence-electron chi connectivity index (χ2n) is 5.93. The van der Waals surface area contributed by atoms with E-state index < -0.39 is 0 Å². The van der Waals surface area contributed by atoms with Crippen LogP contribution in [0, 0.1) is 5.92 Å². The monoisotopic (exact) mass is 352 g/mol. The maximum atomic E-state index is 11.8. The van der Waals surface area contributed by atoms with Gasteiger partial charge in [0.15, 0.2) is 5.96 Å². The van der Waals surface area contributed by atoms with E-state index in [1.807, 2.05) is 17.5 Å². The summed E-state index contributed by atoms with van der Waals surface area (Å²) in [5.74, 6) is 1.51. The van der Waals surface area contributed by atoms with Gasteiger partial charge in [-0.1, -0.05) is 6.07 Å². The van der Waals surface area contributed by atoms with Crippen LogP contribution in [0.3, 0.4) is 0 Å². The minimum absolute atomic E-state index is 0.000706. The molecule has 1 aromatic heterocycles. The number of ether oxygens (including phenoxy) is 1. The van der Waals surface area contributed by atoms with Crippen molar-refractivity contribution in [1.29, 1.82) is 0 Å². The lowest BCUT2D eigenvalue weighted by molar-refractivity contribution is 0.0957. The van der Waals surface area contributed by atoms with Gasteiger partial charge in [-0.3, -0.25) is 9.79 Å². The van der Waals surface area contributed by atoms with Crippen molar-refractivity contribution < 1.29 is 9.53 Å². The van der Waals surface area contributed by atoms with Crippen LogP contribution in [-0.4, -0.2) is 63.2 Å². The van der Waals surface area contributed by atoms with E-state index in [-0.39, 0.29) is 5.91 Å². The number of hydrogen-bond donors (Lipinski definition) is 2. The molecule has 1 amide bonds. The Morgan fingerprint density at radius 1 is 1.50 bits per heavy atom. The number of carbonyl (C=O) groups excluding carboxylic acids is 1. The Kier molecular flexibility index (Phi) is 8.04. The Bertz CT molecular complexity index is 513. The highest BCUT2D eigenvalue weighted by Crippen LogP contribution is 2.13. The zero-order chi connectivity index (χ0) is 17.2. The predicted octanol–water partition coefficient (Wildman–Crippen LogP) is 1.80. The fourth-order valence-electron chi connectivity index (χ4n) is 2.63. The minimum atomic E-state index is -0.000706. The van der Waals surface area contributed by atoms with Crippen LogP contribution in [0.5, 0.6) is 0 Å². The van der Waals surface area contributed by atoms with Crippen molar-refractivity contribution in [3.63, 3.8) is 0 Å². The highest BCUT2D eigenvalue weighted by atomic mass is 32.1. The molecule has 1 saturated heterocycles. The van der Waals surface area contributed by atoms with Gasteiger partial charge >= 0.3 is 0 Å². The zero-order valence-corrected chi connectivity index (χ0v) is 15.4. The van der Waals surface area contributed by atoms with Gasteiger partial charge in [0, 0.05) is 45.8 Å². The smallest absolute Gasteiger partial charge is 0.261 e. The van der Waals surface area contributed by atoms with Crippen molar-refractivity contribution in [2.75, 3.05) is 46.4 Å². The highest BCUT2D eigenvalue weighted by molar-refractivity contribution is 7.12. The van der Waals surface area contributed by atoms with Gasteiger partial charge in [-0.2, -0.15) is 0 Å². The molecule has 6 nitrogen and oxygen atoms in total. The number of nitrogens with zero attached hydrogens (tertiary/aromatic N) is 2. The van der Waals surface area contributed by atoms with E-state index in [1.165, 1.54) is 11.3 Å². The number of nitrogens with one attached hydrogen (secondary N) is 2. The lowest BCUT2D eigenvalue weighted by Gasteiger charge is -2.24. The molecule has 0 bridgehead atoms. The molecule has 0 radical (unpaired) electrons. The van der Waals surface area contributed by atoms with Crippen LogP contribution in [0.4, 0.5) is 0 Å². The first-order valence-electron chi connectivity index (χ1n) is 8.59. The van der Waals surface area contributed by atoms with Crippen LogP contribution in [0.15, 0.2) is 22.5 Å². The second kappa shape index (κ2) is 10.3. The molecule has 2 rings (SSSR count). The number of guanidine groups is 1. The molecule has 1 aromatic rings. The Hall–Kier alpha value is -1.60. The van der Waals surface area contributed by atoms with Crippen LogP contribution in [-0.2, 0) is 4.74 Å². The quantitative estimate of drug-likeness (QED) is 0.425. The summed E-state index contributed by atoms with van der Waals surface area (Å²) in [6, 6.07) is 3.72. The maximum absolute atomic E-state index is 11.8. The van der Waals surface area contributed by atoms with Crippen molar-refractivity contribution in [3.8, 4) is 0 Å². The van der Waals surface area contributed by atoms with Gasteiger partial charge in [0.25, 0.3) is 5.91 Å². The topological polar surface area (TPSA) is 66.0 Å². The van der Waals surface area contributed by atoms with E-state index in [1.54, 1.807) is 0 Å². The largest absolute Gasteiger partial charge is 0.381 e. The molecule has 1 fully saturated rings. The van der Waals surface area contributed by atoms with E-state index in [4.69, 9.17) is 4.74 Å². The molecule has 1 aliphatic rings. The summed E-state index contributed by atoms with van der Waals surface area (Å²) in [7, 11) is 2.07. The van der Waals surface area contributed by atoms with Gasteiger partial charge < -0.3 is 20.3 Å². The molecule has 0 saturated carbocycles. The summed E-state index contributed by atoms with van der Waals surface area (Å²) >= 11 is 1.46. The molecular weight excluding hydrogens is 324 g/mol. The predicted molar refractivity (Wildman–Crippen MR) is 98.8 cm³/mol. The fraction of sp³-hybridized carbons (Fsp3) is 0.647. The molecule has 0 spiro atoms. The van der Waals surface area contributed by atoms with Gasteiger partial charge in [-0.05, 0) is 31.2 Å². The summed E-state index contributed by atoms with van der Waals surface area (Å²) in [6.45, 7) is 6.93. The lowest BCUT2D eigenvalue weighted by Crippen LogP contribution is -2.41. The molecular formula is C17H28N4O2S. The van der Waals surface area contributed by atoms with Gasteiger partial charge in [0.05, 0.1) is 11.5 Å². The molecule has 24 heavy (non-hydrogen) atoms. The molecule has 2 N–H and O–H groups in total. The Morgan fingerprint density at radius 2 is 2.38 bits per heavy atom. The van der Waals surface area contributed by atoms with E-state index in [0.29, 0.717) is 19.0 Å². The number of carbonyl (C=O) groups is 1. The Balaban J connectivity index is 1.70. The highest BCUT2D eigenvalue weighted by Gasteiger charge is 2.18. The third-order valence-electron chi connectivity index (χ3n) is 3.88. The molecule has 1 aliphatic heterocycles. The number of hydrogen-bond acceptors (Lipinski definition) is 4. The van der Waals surface area contributed by atoms with Crippen molar-refractivity contribution >= 4 is 23.2 Å². The summed E-state index contributed by atoms with van der Waals surface area (Å²) in [6.07, 6.45) is 1.95. The number of rotatable bonds is 8. The summed E-state index contributed by atoms with van der Waals surface area (Å²) in [4.78, 5) is 19.4. The minimum Gasteiger partial charge on any atom is -0.381 e. The first kappa shape index (κ1) is 18.7. The van der Waals surface area contributed by atoms with Crippen LogP contribution < -0.4 is 10.6 Å². The second-order valence-corrected chi connectivity index (χ2v) is 6.88. The van der Waals surface area contributed by atoms with Gasteiger partial charge in [-0.25, -0.2) is 0 Å². The van der Waals surface area contributed by atoms with E-state index in [9.17, 15) is 4.79 Å². The molecule has 0 aromatic carbocycles. The van der Waals surface area contributed by atoms with E-state index in [0.717, 1.165) is 50.0 Å². The third-order valence-corrected chi connectivity index (χ3v) is 4.75. The number of thiophene rings is 1. The van der Waals surface area contributed by atoms with Crippen molar-refractivity contribution in [1.82, 2.24) is 15.5 Å². The lowest BCUT2D eigenvalue weighted by atomic mass is 10.1. The van der Waals surface area contributed by atoms with Crippen molar-refractivity contribution in [3.05, 3.63) is 22.4 Å². The van der Waals surface area contributed by atoms with Crippen molar-refractivity contribution in [2.45, 2.75) is 19.8 Å². The molecule has 1 atom stereocenters. The average molecular weight is 353 g/mol. The molecule has 0 aliphatic carbocycles. The summed E-state index contributed by atoms with van der Waals surface area (Å²) in [5, 5.41) is 8.17. The fourth-order valence-corrected chi connectivity index (χ4v) is 3.27. The number of aliphatic imine (C=N–C) groups is 1. The summed E-state index contributed by atoms with van der Waals surface area (Å²) < 4.78 is 5.44. The maximum Gasteiger partial charge on any atom is 0.261 e. The molecule has 2 heterocycles. The standard InChI is InChI=1S/C17H28N4O2S/c1-3-18-17(21(2)12-14-7-10-23-13-14)20-9-5-8-19-16(22)15-6-4-11-24-15/h4,6,11,14H,3,5,7-10,12-13H2,1-2H3,(H,18,20)(H,19,22). The van der Waals surface area contributed by atoms with Crippen LogP contribution in [0.25, 0.3) is 0 Å². The van der Waals surface area contributed by atoms with Crippen LogP contribution in [0.1, 0.15) is 29.4 Å². The average Bonchev–Trinajstić information content (AvgIpc) is 3.26. The first-order chi connectivity index (χ1) is 11.7. The molecule has 134 valence electrons. The summed E-state index contributed by atoms with van der Waals surface area (Å²) in [5.41, 5.74) is 0. The van der Waals surface area contributed by atoms with Gasteiger partial charge in [-0.15, -0.1) is 11.3 Å². The van der Waals surface area contributed by atoms with Gasteiger partial charge in [0.2, 0.25) is 0 Å². The van der Waals surface area contributed by atoms with Gasteiger partial charge in [0.1, 0.15) is 0 Å². The van der Waals surface area contributed by atoms with Crippen LogP contribution in [0.2, 0.25) is 0 Å². The first-order valence-corrected chi connectivity index (χ1v) is 9.47.